The Balaban J connectivity index is 2.50. The van der Waals surface area contributed by atoms with Crippen molar-refractivity contribution in [3.63, 3.8) is 0 Å². The molecule has 1 aromatic carbocycles. The lowest BCUT2D eigenvalue weighted by Gasteiger charge is -2.12. The average Bonchev–Trinajstić information content (AvgIpc) is 2.51. The Bertz CT molecular complexity index is 412. The lowest BCUT2D eigenvalue weighted by atomic mass is 10.1. The Morgan fingerprint density at radius 3 is 2.81 bits per heavy atom. The minimum Gasteiger partial charge on any atom is -0.490 e. The fraction of sp³-hybridized carbons (Fsp3) is 0.417. The van der Waals surface area contributed by atoms with Crippen LogP contribution in [0, 0.1) is 6.92 Å². The summed E-state index contributed by atoms with van der Waals surface area (Å²) >= 11 is 0. The van der Waals surface area contributed by atoms with Gasteiger partial charge in [-0.2, -0.15) is 0 Å². The number of carbonyl (C=O) groups excluding carboxylic acids is 1. The summed E-state index contributed by atoms with van der Waals surface area (Å²) in [6.07, 6.45) is 0.814. The highest BCUT2D eigenvalue weighted by Crippen LogP contribution is 2.35. The molecule has 4 nitrogen and oxygen atoms in total. The molecule has 0 atom stereocenters. The highest BCUT2D eigenvalue weighted by atomic mass is 16.5. The highest BCUT2D eigenvalue weighted by Gasteiger charge is 2.20. The molecule has 0 bridgehead atoms. The second-order valence-electron chi connectivity index (χ2n) is 3.68. The number of benzene rings is 1. The first-order chi connectivity index (χ1) is 7.72. The van der Waals surface area contributed by atoms with Gasteiger partial charge in [-0.25, -0.2) is 4.79 Å². The van der Waals surface area contributed by atoms with Crippen LogP contribution in [0.2, 0.25) is 0 Å². The van der Waals surface area contributed by atoms with Gasteiger partial charge in [0.2, 0.25) is 0 Å². The van der Waals surface area contributed by atoms with Crippen LogP contribution in [-0.2, 0) is 4.74 Å². The average molecular weight is 222 g/mol. The van der Waals surface area contributed by atoms with Crippen LogP contribution < -0.4 is 9.47 Å². The van der Waals surface area contributed by atoms with Crippen LogP contribution >= 0.6 is 0 Å². The van der Waals surface area contributed by atoms with Crippen molar-refractivity contribution >= 4 is 5.97 Å². The van der Waals surface area contributed by atoms with E-state index in [-0.39, 0.29) is 0 Å². The summed E-state index contributed by atoms with van der Waals surface area (Å²) in [5.41, 5.74) is 1.38. The number of methoxy groups -OCH3 is 1. The standard InChI is InChI=1S/C12H14O4/c1-8-6-9(12(13)14-2)11-10(7-8)15-4-3-5-16-11/h6-7H,3-5H2,1-2H3. The fourth-order valence-corrected chi connectivity index (χ4v) is 1.67. The second-order valence-corrected chi connectivity index (χ2v) is 3.68. The van der Waals surface area contributed by atoms with Gasteiger partial charge in [0.05, 0.1) is 20.3 Å². The van der Waals surface area contributed by atoms with Crippen molar-refractivity contribution in [2.24, 2.45) is 0 Å². The van der Waals surface area contributed by atoms with Crippen molar-refractivity contribution in [2.75, 3.05) is 20.3 Å². The van der Waals surface area contributed by atoms with Gasteiger partial charge in [0.15, 0.2) is 11.5 Å². The van der Waals surface area contributed by atoms with Gasteiger partial charge in [-0.15, -0.1) is 0 Å². The topological polar surface area (TPSA) is 44.8 Å². The summed E-state index contributed by atoms with van der Waals surface area (Å²) < 4.78 is 15.8. The molecule has 16 heavy (non-hydrogen) atoms. The number of hydrogen-bond donors (Lipinski definition) is 0. The van der Waals surface area contributed by atoms with E-state index >= 15 is 0 Å². The lowest BCUT2D eigenvalue weighted by Crippen LogP contribution is -2.06. The van der Waals surface area contributed by atoms with Crippen LogP contribution in [0.5, 0.6) is 11.5 Å². The molecule has 0 fully saturated rings. The van der Waals surface area contributed by atoms with Crippen molar-refractivity contribution in [1.82, 2.24) is 0 Å². The third kappa shape index (κ3) is 1.96. The maximum absolute atomic E-state index is 11.6. The van der Waals surface area contributed by atoms with Crippen LogP contribution in [0.3, 0.4) is 0 Å². The minimum atomic E-state index is -0.398. The van der Waals surface area contributed by atoms with E-state index < -0.39 is 5.97 Å². The minimum absolute atomic E-state index is 0.398. The molecule has 0 radical (unpaired) electrons. The fourth-order valence-electron chi connectivity index (χ4n) is 1.67. The van der Waals surface area contributed by atoms with E-state index in [0.29, 0.717) is 30.3 Å². The SMILES string of the molecule is COC(=O)c1cc(C)cc2c1OCCCO2. The van der Waals surface area contributed by atoms with Gasteiger partial charge in [-0.1, -0.05) is 0 Å². The van der Waals surface area contributed by atoms with Crippen LogP contribution in [0.15, 0.2) is 12.1 Å². The summed E-state index contributed by atoms with van der Waals surface area (Å²) in [4.78, 5) is 11.6. The van der Waals surface area contributed by atoms with Crippen molar-refractivity contribution in [1.29, 1.82) is 0 Å². The van der Waals surface area contributed by atoms with Gasteiger partial charge >= 0.3 is 5.97 Å². The maximum atomic E-state index is 11.6. The predicted octanol–water partition coefficient (Wildman–Crippen LogP) is 1.94. The highest BCUT2D eigenvalue weighted by molar-refractivity contribution is 5.93. The Morgan fingerprint density at radius 1 is 1.31 bits per heavy atom. The molecule has 1 aliphatic rings. The second kappa shape index (κ2) is 4.43. The van der Waals surface area contributed by atoms with Crippen LogP contribution in [0.4, 0.5) is 0 Å². The van der Waals surface area contributed by atoms with Gasteiger partial charge in [-0.05, 0) is 24.6 Å². The maximum Gasteiger partial charge on any atom is 0.341 e. The number of aryl methyl sites for hydroxylation is 1. The number of ether oxygens (including phenoxy) is 3. The summed E-state index contributed by atoms with van der Waals surface area (Å²) in [6.45, 7) is 3.07. The Hall–Kier alpha value is -1.71. The predicted molar refractivity (Wildman–Crippen MR) is 58.1 cm³/mol. The molecule has 4 heteroatoms. The first kappa shape index (κ1) is 10.8. The molecule has 0 aromatic heterocycles. The third-order valence-electron chi connectivity index (χ3n) is 2.40. The third-order valence-corrected chi connectivity index (χ3v) is 2.40. The molecule has 1 aromatic rings. The van der Waals surface area contributed by atoms with Gasteiger partial charge in [0.25, 0.3) is 0 Å². The lowest BCUT2D eigenvalue weighted by molar-refractivity contribution is 0.0596. The molecule has 0 unspecified atom stereocenters. The van der Waals surface area contributed by atoms with Crippen molar-refractivity contribution in [3.8, 4) is 11.5 Å². The monoisotopic (exact) mass is 222 g/mol. The van der Waals surface area contributed by atoms with Gasteiger partial charge in [0.1, 0.15) is 5.56 Å². The molecule has 1 heterocycles. The van der Waals surface area contributed by atoms with Gasteiger partial charge in [-0.3, -0.25) is 0 Å². The normalized spacial score (nSPS) is 14.1. The zero-order chi connectivity index (χ0) is 11.5. The van der Waals surface area contributed by atoms with E-state index in [4.69, 9.17) is 14.2 Å². The number of carbonyl (C=O) groups is 1. The molecule has 0 saturated heterocycles. The number of esters is 1. The van der Waals surface area contributed by atoms with E-state index in [9.17, 15) is 4.79 Å². The summed E-state index contributed by atoms with van der Waals surface area (Å²) in [7, 11) is 1.36. The van der Waals surface area contributed by atoms with Crippen LogP contribution in [0.25, 0.3) is 0 Å². The van der Waals surface area contributed by atoms with E-state index in [2.05, 4.69) is 0 Å². The van der Waals surface area contributed by atoms with Gasteiger partial charge in [0, 0.05) is 6.42 Å². The van der Waals surface area contributed by atoms with Gasteiger partial charge < -0.3 is 14.2 Å². The molecule has 0 amide bonds. The molecule has 0 N–H and O–H groups in total. The Labute approximate surface area is 94.1 Å². The molecule has 0 spiro atoms. The molecule has 1 aliphatic heterocycles. The van der Waals surface area contributed by atoms with E-state index in [0.717, 1.165) is 12.0 Å². The molecular formula is C12H14O4. The molecular weight excluding hydrogens is 208 g/mol. The largest absolute Gasteiger partial charge is 0.490 e. The van der Waals surface area contributed by atoms with Crippen LogP contribution in [0.1, 0.15) is 22.3 Å². The number of rotatable bonds is 1. The summed E-state index contributed by atoms with van der Waals surface area (Å²) in [5, 5.41) is 0. The first-order valence-electron chi connectivity index (χ1n) is 5.21. The quantitative estimate of drug-likeness (QED) is 0.681. The molecule has 86 valence electrons. The zero-order valence-corrected chi connectivity index (χ0v) is 9.41. The number of hydrogen-bond acceptors (Lipinski definition) is 4. The summed E-state index contributed by atoms with van der Waals surface area (Å²) in [6, 6.07) is 3.62. The Morgan fingerprint density at radius 2 is 2.06 bits per heavy atom. The van der Waals surface area contributed by atoms with E-state index in [1.165, 1.54) is 7.11 Å². The van der Waals surface area contributed by atoms with Crippen LogP contribution in [-0.4, -0.2) is 26.3 Å². The van der Waals surface area contributed by atoms with Crippen molar-refractivity contribution in [3.05, 3.63) is 23.3 Å². The summed E-state index contributed by atoms with van der Waals surface area (Å²) in [5.74, 6) is 0.721. The smallest absolute Gasteiger partial charge is 0.341 e. The Kier molecular flexibility index (Phi) is 2.99. The number of fused-ring (bicyclic) bond motifs is 1. The van der Waals surface area contributed by atoms with Crippen molar-refractivity contribution in [2.45, 2.75) is 13.3 Å². The van der Waals surface area contributed by atoms with E-state index in [1.807, 2.05) is 13.0 Å². The molecule has 2 rings (SSSR count). The van der Waals surface area contributed by atoms with E-state index in [1.54, 1.807) is 6.07 Å². The molecule has 0 saturated carbocycles. The molecule has 0 aliphatic carbocycles. The first-order valence-corrected chi connectivity index (χ1v) is 5.21. The zero-order valence-electron chi connectivity index (χ0n) is 9.41. The van der Waals surface area contributed by atoms with Crippen molar-refractivity contribution < 1.29 is 19.0 Å².